The van der Waals surface area contributed by atoms with E-state index in [4.69, 9.17) is 14.2 Å². The van der Waals surface area contributed by atoms with Gasteiger partial charge in [-0.15, -0.1) is 11.3 Å². The van der Waals surface area contributed by atoms with E-state index in [0.717, 1.165) is 9.75 Å². The van der Waals surface area contributed by atoms with Crippen molar-refractivity contribution in [2.24, 2.45) is 4.99 Å². The smallest absolute Gasteiger partial charge is 0.363 e. The molecule has 0 unspecified atom stereocenters. The molecule has 0 saturated heterocycles. The molecule has 6 heteroatoms. The van der Waals surface area contributed by atoms with Gasteiger partial charge in [0.25, 0.3) is 0 Å². The molecule has 1 aliphatic heterocycles. The SMILES string of the molecule is COc1cccc(/C=C2\N=C(c3ccc(C)s3)OC2=O)c1OC. The fraction of sp³-hybridized carbons (Fsp3) is 0.176. The molecule has 0 fully saturated rings. The Morgan fingerprint density at radius 3 is 2.65 bits per heavy atom. The van der Waals surface area contributed by atoms with E-state index in [1.54, 1.807) is 26.4 Å². The summed E-state index contributed by atoms with van der Waals surface area (Å²) in [5.74, 6) is 0.995. The number of rotatable bonds is 4. The Morgan fingerprint density at radius 2 is 2.00 bits per heavy atom. The molecule has 5 nitrogen and oxygen atoms in total. The molecule has 0 aliphatic carbocycles. The minimum atomic E-state index is -0.476. The fourth-order valence-corrected chi connectivity index (χ4v) is 3.03. The van der Waals surface area contributed by atoms with Crippen LogP contribution in [0.4, 0.5) is 0 Å². The molecule has 2 heterocycles. The number of hydrogen-bond acceptors (Lipinski definition) is 6. The normalized spacial score (nSPS) is 15.5. The third kappa shape index (κ3) is 2.98. The first-order valence-electron chi connectivity index (χ1n) is 6.92. The lowest BCUT2D eigenvalue weighted by Crippen LogP contribution is -2.03. The van der Waals surface area contributed by atoms with Crippen LogP contribution in [0.3, 0.4) is 0 Å². The summed E-state index contributed by atoms with van der Waals surface area (Å²) < 4.78 is 15.9. The van der Waals surface area contributed by atoms with Crippen LogP contribution in [-0.4, -0.2) is 26.1 Å². The monoisotopic (exact) mass is 329 g/mol. The molecule has 1 aromatic carbocycles. The first kappa shape index (κ1) is 15.3. The Balaban J connectivity index is 2.00. The number of aliphatic imine (C=N–C) groups is 1. The Hall–Kier alpha value is -2.60. The van der Waals surface area contributed by atoms with Crippen LogP contribution >= 0.6 is 11.3 Å². The standard InChI is InChI=1S/C17H15NO4S/c1-10-7-8-14(23-10)16-18-12(17(19)22-16)9-11-5-4-6-13(20-2)15(11)21-3/h4-9H,1-3H3/b12-9-. The van der Waals surface area contributed by atoms with Crippen LogP contribution in [0.1, 0.15) is 15.3 Å². The zero-order valence-electron chi connectivity index (χ0n) is 13.0. The van der Waals surface area contributed by atoms with Gasteiger partial charge in [-0.1, -0.05) is 12.1 Å². The molecule has 0 spiro atoms. The first-order valence-corrected chi connectivity index (χ1v) is 7.74. The van der Waals surface area contributed by atoms with Crippen molar-refractivity contribution >= 4 is 29.3 Å². The van der Waals surface area contributed by atoms with E-state index in [-0.39, 0.29) is 5.70 Å². The molecule has 23 heavy (non-hydrogen) atoms. The number of nitrogens with zero attached hydrogens (tertiary/aromatic N) is 1. The van der Waals surface area contributed by atoms with Gasteiger partial charge in [0, 0.05) is 10.4 Å². The summed E-state index contributed by atoms with van der Waals surface area (Å²) in [6, 6.07) is 9.28. The topological polar surface area (TPSA) is 57.1 Å². The molecule has 1 aliphatic rings. The fourth-order valence-electron chi connectivity index (χ4n) is 2.24. The van der Waals surface area contributed by atoms with Crippen LogP contribution in [-0.2, 0) is 9.53 Å². The Morgan fingerprint density at radius 1 is 1.17 bits per heavy atom. The van der Waals surface area contributed by atoms with E-state index in [9.17, 15) is 4.79 Å². The number of carbonyl (C=O) groups excluding carboxylic acids is 1. The van der Waals surface area contributed by atoms with Crippen molar-refractivity contribution in [2.75, 3.05) is 14.2 Å². The van der Waals surface area contributed by atoms with Crippen LogP contribution in [0.25, 0.3) is 6.08 Å². The van der Waals surface area contributed by atoms with Crippen LogP contribution in [0.5, 0.6) is 11.5 Å². The van der Waals surface area contributed by atoms with Crippen LogP contribution < -0.4 is 9.47 Å². The molecule has 0 atom stereocenters. The predicted molar refractivity (Wildman–Crippen MR) is 89.2 cm³/mol. The highest BCUT2D eigenvalue weighted by Crippen LogP contribution is 2.33. The highest BCUT2D eigenvalue weighted by atomic mass is 32.1. The number of para-hydroxylation sites is 1. The summed E-state index contributed by atoms with van der Waals surface area (Å²) in [4.78, 5) is 18.3. The van der Waals surface area contributed by atoms with E-state index in [0.29, 0.717) is 23.0 Å². The second kappa shape index (κ2) is 6.26. The largest absolute Gasteiger partial charge is 0.493 e. The minimum Gasteiger partial charge on any atom is -0.493 e. The minimum absolute atomic E-state index is 0.234. The third-order valence-electron chi connectivity index (χ3n) is 3.30. The molecule has 0 saturated carbocycles. The van der Waals surface area contributed by atoms with Gasteiger partial charge in [0.2, 0.25) is 5.90 Å². The van der Waals surface area contributed by atoms with Gasteiger partial charge >= 0.3 is 5.97 Å². The average molecular weight is 329 g/mol. The van der Waals surface area contributed by atoms with Gasteiger partial charge in [0.1, 0.15) is 0 Å². The Kier molecular flexibility index (Phi) is 4.16. The Labute approximate surface area is 137 Å². The highest BCUT2D eigenvalue weighted by Gasteiger charge is 2.25. The van der Waals surface area contributed by atoms with Crippen molar-refractivity contribution in [1.82, 2.24) is 0 Å². The summed E-state index contributed by atoms with van der Waals surface area (Å²) in [6.45, 7) is 1.99. The van der Waals surface area contributed by atoms with Gasteiger partial charge in [-0.25, -0.2) is 9.79 Å². The van der Waals surface area contributed by atoms with E-state index in [1.165, 1.54) is 11.3 Å². The summed E-state index contributed by atoms with van der Waals surface area (Å²) in [5, 5.41) is 0. The van der Waals surface area contributed by atoms with E-state index in [1.807, 2.05) is 31.2 Å². The van der Waals surface area contributed by atoms with Crippen molar-refractivity contribution in [3.8, 4) is 11.5 Å². The number of hydrogen-bond donors (Lipinski definition) is 0. The van der Waals surface area contributed by atoms with Gasteiger partial charge in [-0.2, -0.15) is 0 Å². The van der Waals surface area contributed by atoms with Crippen molar-refractivity contribution < 1.29 is 19.0 Å². The molecule has 118 valence electrons. The lowest BCUT2D eigenvalue weighted by Gasteiger charge is -2.09. The molecular weight excluding hydrogens is 314 g/mol. The average Bonchev–Trinajstić information content (AvgIpc) is 3.13. The molecular formula is C17H15NO4S. The first-order chi connectivity index (χ1) is 11.1. The zero-order chi connectivity index (χ0) is 16.4. The lowest BCUT2D eigenvalue weighted by molar-refractivity contribution is -0.129. The molecule has 2 aromatic rings. The van der Waals surface area contributed by atoms with Gasteiger partial charge in [0.05, 0.1) is 19.1 Å². The molecule has 0 bridgehead atoms. The maximum absolute atomic E-state index is 12.1. The molecule has 3 rings (SSSR count). The third-order valence-corrected chi connectivity index (χ3v) is 4.29. The van der Waals surface area contributed by atoms with Gasteiger partial charge < -0.3 is 14.2 Å². The van der Waals surface area contributed by atoms with Gasteiger partial charge in [-0.3, -0.25) is 0 Å². The van der Waals surface area contributed by atoms with Crippen molar-refractivity contribution in [3.63, 3.8) is 0 Å². The highest BCUT2D eigenvalue weighted by molar-refractivity contribution is 7.14. The molecule has 0 radical (unpaired) electrons. The van der Waals surface area contributed by atoms with E-state index < -0.39 is 5.97 Å². The van der Waals surface area contributed by atoms with Crippen LogP contribution in [0.15, 0.2) is 41.0 Å². The number of cyclic esters (lactones) is 1. The van der Waals surface area contributed by atoms with E-state index in [2.05, 4.69) is 4.99 Å². The van der Waals surface area contributed by atoms with Gasteiger partial charge in [0.15, 0.2) is 17.2 Å². The second-order valence-electron chi connectivity index (χ2n) is 4.83. The second-order valence-corrected chi connectivity index (χ2v) is 6.12. The van der Waals surface area contributed by atoms with Crippen LogP contribution in [0.2, 0.25) is 0 Å². The number of aryl methyl sites for hydroxylation is 1. The van der Waals surface area contributed by atoms with Gasteiger partial charge in [-0.05, 0) is 31.2 Å². The lowest BCUT2D eigenvalue weighted by atomic mass is 10.1. The summed E-state index contributed by atoms with van der Waals surface area (Å²) in [7, 11) is 3.12. The predicted octanol–water partition coefficient (Wildman–Crippen LogP) is 3.42. The summed E-state index contributed by atoms with van der Waals surface area (Å²) in [5.41, 5.74) is 0.934. The number of benzene rings is 1. The van der Waals surface area contributed by atoms with Crippen molar-refractivity contribution in [1.29, 1.82) is 0 Å². The Bertz CT molecular complexity index is 820. The maximum Gasteiger partial charge on any atom is 0.363 e. The van der Waals surface area contributed by atoms with E-state index >= 15 is 0 Å². The maximum atomic E-state index is 12.1. The van der Waals surface area contributed by atoms with Crippen molar-refractivity contribution in [2.45, 2.75) is 6.92 Å². The zero-order valence-corrected chi connectivity index (χ0v) is 13.8. The summed E-state index contributed by atoms with van der Waals surface area (Å²) in [6.07, 6.45) is 1.64. The molecule has 1 aromatic heterocycles. The quantitative estimate of drug-likeness (QED) is 0.637. The van der Waals surface area contributed by atoms with Crippen LogP contribution in [0, 0.1) is 6.92 Å². The number of carbonyl (C=O) groups is 1. The molecule has 0 N–H and O–H groups in total. The number of thiophene rings is 1. The number of ether oxygens (including phenoxy) is 3. The number of methoxy groups -OCH3 is 2. The van der Waals surface area contributed by atoms with Crippen molar-refractivity contribution in [3.05, 3.63) is 51.3 Å². The number of esters is 1. The summed E-state index contributed by atoms with van der Waals surface area (Å²) >= 11 is 1.53. The molecule has 0 amide bonds.